The van der Waals surface area contributed by atoms with Crippen molar-refractivity contribution in [3.05, 3.63) is 112 Å². The number of benzene rings is 3. The lowest BCUT2D eigenvalue weighted by atomic mass is 10.2. The smallest absolute Gasteiger partial charge is 0.261 e. The Kier molecular flexibility index (Phi) is 7.37. The average molecular weight is 523 g/mol. The molecule has 1 aliphatic rings. The zero-order valence-corrected chi connectivity index (χ0v) is 20.7. The second kappa shape index (κ2) is 11.0. The largest absolute Gasteiger partial charge is 0.471 e. The van der Waals surface area contributed by atoms with Crippen LogP contribution in [0.5, 0.6) is 5.88 Å². The van der Waals surface area contributed by atoms with E-state index in [1.54, 1.807) is 40.0 Å². The molecule has 9 heteroatoms. The second-order valence-corrected chi connectivity index (χ2v) is 9.23. The first-order valence-corrected chi connectivity index (χ1v) is 12.3. The van der Waals surface area contributed by atoms with Crippen LogP contribution in [0.1, 0.15) is 21.5 Å². The highest BCUT2D eigenvalue weighted by Crippen LogP contribution is 2.27. The van der Waals surface area contributed by atoms with Gasteiger partial charge in [-0.1, -0.05) is 48.0 Å². The molecule has 2 heterocycles. The Morgan fingerprint density at radius 1 is 0.892 bits per heavy atom. The van der Waals surface area contributed by atoms with Crippen LogP contribution in [0.15, 0.2) is 79.0 Å². The summed E-state index contributed by atoms with van der Waals surface area (Å²) in [6.45, 7) is 2.58. The summed E-state index contributed by atoms with van der Waals surface area (Å²) in [6, 6.07) is 19.9. The van der Waals surface area contributed by atoms with E-state index in [0.717, 1.165) is 5.69 Å². The number of rotatable bonds is 7. The fourth-order valence-electron chi connectivity index (χ4n) is 4.37. The van der Waals surface area contributed by atoms with E-state index >= 15 is 0 Å². The molecule has 1 fully saturated rings. The van der Waals surface area contributed by atoms with Gasteiger partial charge in [0.25, 0.3) is 5.91 Å². The molecular weight excluding hydrogens is 498 g/mol. The van der Waals surface area contributed by atoms with Gasteiger partial charge in [0.05, 0.1) is 17.3 Å². The minimum absolute atomic E-state index is 0.0509. The summed E-state index contributed by atoms with van der Waals surface area (Å²) >= 11 is 6.35. The molecule has 0 radical (unpaired) electrons. The van der Waals surface area contributed by atoms with E-state index in [1.807, 2.05) is 24.3 Å². The maximum Gasteiger partial charge on any atom is 0.261 e. The number of hydrogen-bond donors (Lipinski definition) is 0. The number of anilines is 1. The summed E-state index contributed by atoms with van der Waals surface area (Å²) in [5.41, 5.74) is 2.57. The van der Waals surface area contributed by atoms with Gasteiger partial charge in [0.2, 0.25) is 5.88 Å². The molecule has 5 rings (SSSR count). The van der Waals surface area contributed by atoms with E-state index in [2.05, 4.69) is 10.00 Å². The number of amides is 1. The van der Waals surface area contributed by atoms with Crippen LogP contribution >= 0.6 is 11.6 Å². The number of para-hydroxylation sites is 1. The van der Waals surface area contributed by atoms with Crippen LogP contribution in [-0.2, 0) is 13.2 Å². The number of aromatic nitrogens is 2. The van der Waals surface area contributed by atoms with Gasteiger partial charge >= 0.3 is 0 Å². The van der Waals surface area contributed by atoms with Crippen molar-refractivity contribution in [1.29, 1.82) is 0 Å². The molecule has 190 valence electrons. The van der Waals surface area contributed by atoms with E-state index in [0.29, 0.717) is 47.9 Å². The molecule has 0 aliphatic carbocycles. The predicted octanol–water partition coefficient (Wildman–Crippen LogP) is 5.40. The van der Waals surface area contributed by atoms with Gasteiger partial charge in [-0.3, -0.25) is 9.48 Å². The summed E-state index contributed by atoms with van der Waals surface area (Å²) in [4.78, 5) is 17.5. The number of piperazine rings is 1. The third-order valence-electron chi connectivity index (χ3n) is 6.22. The molecule has 0 unspecified atom stereocenters. The van der Waals surface area contributed by atoms with E-state index in [1.165, 1.54) is 24.3 Å². The Bertz CT molecular complexity index is 1400. The van der Waals surface area contributed by atoms with Gasteiger partial charge in [-0.05, 0) is 47.5 Å². The number of carbonyl (C=O) groups excluding carboxylic acids is 1. The number of ether oxygens (including phenoxy) is 1. The number of halogens is 3. The summed E-state index contributed by atoms with van der Waals surface area (Å²) in [5.74, 6) is -0.775. The quantitative estimate of drug-likeness (QED) is 0.326. The van der Waals surface area contributed by atoms with Gasteiger partial charge < -0.3 is 14.5 Å². The number of hydrogen-bond acceptors (Lipinski definition) is 4. The molecule has 0 bridgehead atoms. The summed E-state index contributed by atoms with van der Waals surface area (Å²) in [6.07, 6.45) is 1.62. The van der Waals surface area contributed by atoms with E-state index in [4.69, 9.17) is 16.3 Å². The lowest BCUT2D eigenvalue weighted by Crippen LogP contribution is -2.48. The molecule has 3 aromatic carbocycles. The monoisotopic (exact) mass is 522 g/mol. The third-order valence-corrected chi connectivity index (χ3v) is 6.54. The Morgan fingerprint density at radius 2 is 1.57 bits per heavy atom. The molecule has 1 aliphatic heterocycles. The van der Waals surface area contributed by atoms with Crippen LogP contribution in [0, 0.1) is 11.6 Å². The van der Waals surface area contributed by atoms with Crippen LogP contribution in [0.4, 0.5) is 14.5 Å². The summed E-state index contributed by atoms with van der Waals surface area (Å²) < 4.78 is 34.8. The Balaban J connectivity index is 1.34. The standard InChI is InChI=1S/C28H25ClF2N4O2/c29-25-9-1-2-10-26(25)33-11-13-34(14-12-33)28(36)24-18-35(17-20-5-3-7-22(30)15-20)32-27(24)37-19-21-6-4-8-23(31)16-21/h1-10,15-16,18H,11-14,17,19H2. The first-order chi connectivity index (χ1) is 18.0. The highest BCUT2D eigenvalue weighted by Gasteiger charge is 2.27. The third kappa shape index (κ3) is 5.91. The van der Waals surface area contributed by atoms with Crippen LogP contribution < -0.4 is 9.64 Å². The van der Waals surface area contributed by atoms with Crippen molar-refractivity contribution >= 4 is 23.2 Å². The molecule has 1 aromatic heterocycles. The average Bonchev–Trinajstić information content (AvgIpc) is 3.30. The van der Waals surface area contributed by atoms with Gasteiger partial charge in [-0.25, -0.2) is 8.78 Å². The van der Waals surface area contributed by atoms with Gasteiger partial charge in [0.1, 0.15) is 23.8 Å². The van der Waals surface area contributed by atoms with Crippen molar-refractivity contribution in [2.24, 2.45) is 0 Å². The normalized spacial score (nSPS) is 13.6. The summed E-state index contributed by atoms with van der Waals surface area (Å²) in [5, 5.41) is 5.14. The van der Waals surface area contributed by atoms with Gasteiger partial charge in [0.15, 0.2) is 0 Å². The second-order valence-electron chi connectivity index (χ2n) is 8.82. The lowest BCUT2D eigenvalue weighted by molar-refractivity contribution is 0.0741. The minimum atomic E-state index is -0.370. The van der Waals surface area contributed by atoms with Crippen molar-refractivity contribution < 1.29 is 18.3 Å². The molecular formula is C28H25ClF2N4O2. The topological polar surface area (TPSA) is 50.6 Å². The SMILES string of the molecule is O=C(c1cn(Cc2cccc(F)c2)nc1OCc1cccc(F)c1)N1CCN(c2ccccc2Cl)CC1. The predicted molar refractivity (Wildman–Crippen MR) is 138 cm³/mol. The summed E-state index contributed by atoms with van der Waals surface area (Å²) in [7, 11) is 0. The van der Waals surface area contributed by atoms with Crippen molar-refractivity contribution in [3.63, 3.8) is 0 Å². The van der Waals surface area contributed by atoms with Crippen LogP contribution in [0.2, 0.25) is 5.02 Å². The molecule has 4 aromatic rings. The number of nitrogens with zero attached hydrogens (tertiary/aromatic N) is 4. The first-order valence-electron chi connectivity index (χ1n) is 11.9. The van der Waals surface area contributed by atoms with Crippen molar-refractivity contribution in [3.8, 4) is 5.88 Å². The van der Waals surface area contributed by atoms with Crippen molar-refractivity contribution in [1.82, 2.24) is 14.7 Å². The van der Waals surface area contributed by atoms with Crippen LogP contribution in [0.3, 0.4) is 0 Å². The van der Waals surface area contributed by atoms with E-state index < -0.39 is 0 Å². The fraction of sp³-hybridized carbons (Fsp3) is 0.214. The zero-order valence-electron chi connectivity index (χ0n) is 20.0. The molecule has 0 atom stereocenters. The molecule has 0 saturated carbocycles. The Morgan fingerprint density at radius 3 is 2.27 bits per heavy atom. The van der Waals surface area contributed by atoms with Crippen molar-refractivity contribution in [2.75, 3.05) is 31.1 Å². The van der Waals surface area contributed by atoms with Crippen LogP contribution in [-0.4, -0.2) is 46.8 Å². The van der Waals surface area contributed by atoms with Gasteiger partial charge in [-0.2, -0.15) is 0 Å². The molecule has 6 nitrogen and oxygen atoms in total. The van der Waals surface area contributed by atoms with Crippen LogP contribution in [0.25, 0.3) is 0 Å². The van der Waals surface area contributed by atoms with Gasteiger partial charge in [-0.15, -0.1) is 5.10 Å². The zero-order chi connectivity index (χ0) is 25.8. The fourth-order valence-corrected chi connectivity index (χ4v) is 4.62. The van der Waals surface area contributed by atoms with Gasteiger partial charge in [0, 0.05) is 32.4 Å². The minimum Gasteiger partial charge on any atom is -0.471 e. The lowest BCUT2D eigenvalue weighted by Gasteiger charge is -2.36. The molecule has 1 amide bonds. The molecule has 37 heavy (non-hydrogen) atoms. The van der Waals surface area contributed by atoms with E-state index in [9.17, 15) is 13.6 Å². The highest BCUT2D eigenvalue weighted by atomic mass is 35.5. The van der Waals surface area contributed by atoms with Crippen molar-refractivity contribution in [2.45, 2.75) is 13.2 Å². The molecule has 0 spiro atoms. The number of carbonyl (C=O) groups is 1. The van der Waals surface area contributed by atoms with E-state index in [-0.39, 0.29) is 36.6 Å². The molecule has 0 N–H and O–H groups in total. The Hall–Kier alpha value is -3.91. The molecule has 1 saturated heterocycles. The maximum atomic E-state index is 13.7. The maximum absolute atomic E-state index is 13.7. The first kappa shape index (κ1) is 24.8. The highest BCUT2D eigenvalue weighted by molar-refractivity contribution is 6.33. The Labute approximate surface area is 218 Å².